The maximum Gasteiger partial charge on any atom is 0.240 e. The molecule has 3 rings (SSSR count). The van der Waals surface area contributed by atoms with Gasteiger partial charge in [0.15, 0.2) is 0 Å². The summed E-state index contributed by atoms with van der Waals surface area (Å²) in [5.41, 5.74) is 5.45. The molecule has 0 spiro atoms. The molecule has 132 valence electrons. The van der Waals surface area contributed by atoms with Crippen molar-refractivity contribution in [1.29, 1.82) is 0 Å². The molecule has 3 heterocycles. The van der Waals surface area contributed by atoms with Crippen molar-refractivity contribution in [2.24, 2.45) is 5.73 Å². The average Bonchev–Trinajstić information content (AvgIpc) is 3.08. The summed E-state index contributed by atoms with van der Waals surface area (Å²) < 4.78 is 7.60. The van der Waals surface area contributed by atoms with Crippen LogP contribution in [0.3, 0.4) is 0 Å². The molecule has 8 nitrogen and oxygen atoms in total. The molecule has 2 atom stereocenters. The Morgan fingerprint density at radius 1 is 1.29 bits per heavy atom. The van der Waals surface area contributed by atoms with Crippen molar-refractivity contribution in [2.45, 2.75) is 38.0 Å². The number of amides is 2. The zero-order chi connectivity index (χ0) is 16.9. The number of nitrogens with two attached hydrogens (primary N) is 1. The number of ether oxygens (including phenoxy) is 1. The number of aromatic nitrogens is 2. The smallest absolute Gasteiger partial charge is 0.240 e. The molecule has 0 radical (unpaired) electrons. The first-order valence-electron chi connectivity index (χ1n) is 8.53. The van der Waals surface area contributed by atoms with Crippen LogP contribution in [0.1, 0.15) is 19.3 Å². The summed E-state index contributed by atoms with van der Waals surface area (Å²) in [4.78, 5) is 27.9. The van der Waals surface area contributed by atoms with Gasteiger partial charge in [0.1, 0.15) is 6.04 Å². The fraction of sp³-hybridized carbons (Fsp3) is 0.688. The zero-order valence-corrected chi connectivity index (χ0v) is 13.8. The van der Waals surface area contributed by atoms with Crippen LogP contribution < -0.4 is 5.73 Å². The second-order valence-electron chi connectivity index (χ2n) is 6.46. The van der Waals surface area contributed by atoms with Gasteiger partial charge in [-0.05, 0) is 25.3 Å². The molecule has 0 unspecified atom stereocenters. The molecular weight excluding hydrogens is 310 g/mol. The summed E-state index contributed by atoms with van der Waals surface area (Å²) in [5, 5.41) is 4.19. The lowest BCUT2D eigenvalue weighted by Crippen LogP contribution is -2.55. The molecule has 2 aliphatic heterocycles. The first-order chi connectivity index (χ1) is 11.6. The predicted molar refractivity (Wildman–Crippen MR) is 87.0 cm³/mol. The Morgan fingerprint density at radius 3 is 2.92 bits per heavy atom. The first kappa shape index (κ1) is 16.9. The molecule has 8 heteroatoms. The number of piperidine rings is 1. The van der Waals surface area contributed by atoms with E-state index >= 15 is 0 Å². The quantitative estimate of drug-likeness (QED) is 0.779. The Hall–Kier alpha value is -1.93. The number of morpholine rings is 1. The lowest BCUT2D eigenvalue weighted by Gasteiger charge is -2.37. The zero-order valence-electron chi connectivity index (χ0n) is 13.8. The van der Waals surface area contributed by atoms with Gasteiger partial charge in [-0.1, -0.05) is 0 Å². The van der Waals surface area contributed by atoms with E-state index in [1.165, 1.54) is 0 Å². The van der Waals surface area contributed by atoms with Gasteiger partial charge >= 0.3 is 0 Å². The van der Waals surface area contributed by atoms with Gasteiger partial charge in [0.2, 0.25) is 11.8 Å². The molecule has 2 saturated heterocycles. The van der Waals surface area contributed by atoms with E-state index in [2.05, 4.69) is 10.00 Å². The van der Waals surface area contributed by atoms with E-state index in [4.69, 9.17) is 10.5 Å². The van der Waals surface area contributed by atoms with E-state index in [-0.39, 0.29) is 12.0 Å². The highest BCUT2D eigenvalue weighted by Crippen LogP contribution is 2.17. The normalized spacial score (nSPS) is 25.6. The molecule has 0 aromatic carbocycles. The summed E-state index contributed by atoms with van der Waals surface area (Å²) in [7, 11) is 0. The minimum Gasteiger partial charge on any atom is -0.374 e. The van der Waals surface area contributed by atoms with E-state index in [1.54, 1.807) is 11.1 Å². The third-order valence-corrected chi connectivity index (χ3v) is 4.68. The Bertz CT molecular complexity index is 562. The average molecular weight is 335 g/mol. The Labute approximate surface area is 141 Å². The third-order valence-electron chi connectivity index (χ3n) is 4.68. The molecule has 2 amide bonds. The summed E-state index contributed by atoms with van der Waals surface area (Å²) in [6.07, 6.45) is 6.20. The van der Waals surface area contributed by atoms with Crippen LogP contribution in [0.2, 0.25) is 0 Å². The van der Waals surface area contributed by atoms with Gasteiger partial charge < -0.3 is 15.4 Å². The fourth-order valence-electron chi connectivity index (χ4n) is 3.46. The van der Waals surface area contributed by atoms with E-state index in [0.29, 0.717) is 39.2 Å². The largest absolute Gasteiger partial charge is 0.374 e. The number of likely N-dealkylation sites (tertiary alicyclic amines) is 1. The van der Waals surface area contributed by atoms with Crippen LogP contribution in [-0.2, 0) is 20.9 Å². The second-order valence-corrected chi connectivity index (χ2v) is 6.46. The van der Waals surface area contributed by atoms with Crippen LogP contribution in [-0.4, -0.2) is 76.3 Å². The monoisotopic (exact) mass is 335 g/mol. The maximum atomic E-state index is 12.6. The van der Waals surface area contributed by atoms with E-state index in [1.807, 2.05) is 16.9 Å². The fourth-order valence-corrected chi connectivity index (χ4v) is 3.46. The summed E-state index contributed by atoms with van der Waals surface area (Å²) in [5.74, 6) is -0.417. The Kier molecular flexibility index (Phi) is 5.47. The van der Waals surface area contributed by atoms with Gasteiger partial charge in [0, 0.05) is 32.0 Å². The molecular formula is C16H25N5O3. The van der Waals surface area contributed by atoms with Gasteiger partial charge in [0.25, 0.3) is 0 Å². The highest BCUT2D eigenvalue weighted by Gasteiger charge is 2.32. The van der Waals surface area contributed by atoms with Crippen LogP contribution in [0.4, 0.5) is 0 Å². The summed E-state index contributed by atoms with van der Waals surface area (Å²) in [6.45, 7) is 3.59. The Morgan fingerprint density at radius 2 is 2.17 bits per heavy atom. The van der Waals surface area contributed by atoms with Crippen molar-refractivity contribution in [3.8, 4) is 0 Å². The van der Waals surface area contributed by atoms with Crippen molar-refractivity contribution in [1.82, 2.24) is 19.6 Å². The molecule has 0 aliphatic carbocycles. The van der Waals surface area contributed by atoms with Crippen molar-refractivity contribution in [3.63, 3.8) is 0 Å². The third kappa shape index (κ3) is 4.12. The summed E-state index contributed by atoms with van der Waals surface area (Å²) in [6, 6.07) is 1.43. The van der Waals surface area contributed by atoms with Crippen molar-refractivity contribution < 1.29 is 14.3 Å². The molecule has 1 aromatic rings. The van der Waals surface area contributed by atoms with Gasteiger partial charge in [-0.15, -0.1) is 0 Å². The van der Waals surface area contributed by atoms with Crippen LogP contribution in [0.15, 0.2) is 18.5 Å². The van der Waals surface area contributed by atoms with Gasteiger partial charge in [-0.25, -0.2) is 0 Å². The van der Waals surface area contributed by atoms with Crippen LogP contribution in [0, 0.1) is 0 Å². The minimum absolute atomic E-state index is 0.0137. The van der Waals surface area contributed by atoms with Gasteiger partial charge in [-0.2, -0.15) is 5.10 Å². The molecule has 2 N–H and O–H groups in total. The minimum atomic E-state index is -0.452. The molecule has 2 aliphatic rings. The number of carbonyl (C=O) groups is 2. The SMILES string of the molecule is NC(=O)[C@@H]1CCCCN1C(=O)CN1CCO[C@@H](Cn2cccn2)C1. The number of carbonyl (C=O) groups excluding carboxylic acids is 2. The van der Waals surface area contributed by atoms with Crippen LogP contribution in [0.25, 0.3) is 0 Å². The standard InChI is InChI=1S/C16H25N5O3/c17-16(23)14-4-1-2-7-21(14)15(22)12-19-8-9-24-13(10-19)11-20-6-3-5-18-20/h3,5-6,13-14H,1-2,4,7-12H2,(H2,17,23)/t13-,14+/m1/s1. The van der Waals surface area contributed by atoms with Crippen molar-refractivity contribution >= 4 is 11.8 Å². The van der Waals surface area contributed by atoms with Crippen molar-refractivity contribution in [2.75, 3.05) is 32.8 Å². The maximum absolute atomic E-state index is 12.6. The second kappa shape index (κ2) is 7.76. The topological polar surface area (TPSA) is 93.7 Å². The first-order valence-corrected chi connectivity index (χ1v) is 8.53. The summed E-state index contributed by atoms with van der Waals surface area (Å²) >= 11 is 0. The van der Waals surface area contributed by atoms with E-state index in [0.717, 1.165) is 19.4 Å². The molecule has 0 saturated carbocycles. The number of primary amides is 1. The number of hydrogen-bond donors (Lipinski definition) is 1. The van der Waals surface area contributed by atoms with Crippen LogP contribution in [0.5, 0.6) is 0 Å². The highest BCUT2D eigenvalue weighted by atomic mass is 16.5. The number of rotatable bonds is 5. The van der Waals surface area contributed by atoms with Crippen LogP contribution >= 0.6 is 0 Å². The lowest BCUT2D eigenvalue weighted by molar-refractivity contribution is -0.143. The molecule has 1 aromatic heterocycles. The van der Waals surface area contributed by atoms with Gasteiger partial charge in [-0.3, -0.25) is 19.2 Å². The van der Waals surface area contributed by atoms with Crippen molar-refractivity contribution in [3.05, 3.63) is 18.5 Å². The Balaban J connectivity index is 1.54. The van der Waals surface area contributed by atoms with E-state index < -0.39 is 11.9 Å². The molecule has 0 bridgehead atoms. The number of hydrogen-bond acceptors (Lipinski definition) is 5. The predicted octanol–water partition coefficient (Wildman–Crippen LogP) is -0.550. The lowest BCUT2D eigenvalue weighted by atomic mass is 10.0. The highest BCUT2D eigenvalue weighted by molar-refractivity contribution is 5.87. The number of nitrogens with zero attached hydrogens (tertiary/aromatic N) is 4. The van der Waals surface area contributed by atoms with Gasteiger partial charge in [0.05, 0.1) is 25.8 Å². The van der Waals surface area contributed by atoms with E-state index in [9.17, 15) is 9.59 Å². The molecule has 2 fully saturated rings. The molecule has 24 heavy (non-hydrogen) atoms.